The van der Waals surface area contributed by atoms with E-state index in [9.17, 15) is 26.4 Å². The number of carbonyl (C=O) groups is 1. The molecule has 0 fully saturated rings. The Balaban J connectivity index is 2.01. The second kappa shape index (κ2) is 6.44. The lowest BCUT2D eigenvalue weighted by molar-refractivity contribution is 0.101. The van der Waals surface area contributed by atoms with Gasteiger partial charge in [-0.05, 0) is 19.8 Å². The van der Waals surface area contributed by atoms with Gasteiger partial charge in [-0.1, -0.05) is 0 Å². The Morgan fingerprint density at radius 2 is 1.88 bits per heavy atom. The lowest BCUT2D eigenvalue weighted by Gasteiger charge is -2.10. The summed E-state index contributed by atoms with van der Waals surface area (Å²) in [7, 11) is -2.28. The maximum atomic E-state index is 13.3. The van der Waals surface area contributed by atoms with Gasteiger partial charge < -0.3 is 9.88 Å². The maximum Gasteiger partial charge on any atom is 0.272 e. The molecular formula is C16H16F3N3O3S. The van der Waals surface area contributed by atoms with E-state index in [1.54, 1.807) is 6.92 Å². The zero-order chi connectivity index (χ0) is 19.2. The first kappa shape index (κ1) is 18.5. The number of sulfonamides is 1. The second-order valence-corrected chi connectivity index (χ2v) is 7.88. The van der Waals surface area contributed by atoms with Crippen molar-refractivity contribution >= 4 is 21.6 Å². The van der Waals surface area contributed by atoms with Crippen LogP contribution in [0.4, 0.5) is 18.9 Å². The van der Waals surface area contributed by atoms with E-state index in [0.29, 0.717) is 30.5 Å². The first-order valence-corrected chi connectivity index (χ1v) is 9.25. The van der Waals surface area contributed by atoms with Crippen molar-refractivity contribution in [1.82, 2.24) is 9.29 Å². The minimum Gasteiger partial charge on any atom is -0.345 e. The summed E-state index contributed by atoms with van der Waals surface area (Å²) >= 11 is 0. The lowest BCUT2D eigenvalue weighted by Crippen LogP contribution is -2.30. The number of fused-ring (bicyclic) bond motifs is 1. The summed E-state index contributed by atoms with van der Waals surface area (Å²) in [5, 5.41) is 2.28. The highest BCUT2D eigenvalue weighted by Gasteiger charge is 2.31. The van der Waals surface area contributed by atoms with Crippen molar-refractivity contribution in [2.24, 2.45) is 7.05 Å². The Kier molecular flexibility index (Phi) is 4.57. The second-order valence-electron chi connectivity index (χ2n) is 6.20. The van der Waals surface area contributed by atoms with Crippen LogP contribution in [-0.2, 0) is 23.5 Å². The number of rotatable bonds is 2. The van der Waals surface area contributed by atoms with Crippen LogP contribution in [0, 0.1) is 17.5 Å². The molecule has 1 aromatic heterocycles. The number of anilines is 1. The van der Waals surface area contributed by atoms with E-state index in [4.69, 9.17) is 0 Å². The molecule has 1 aromatic carbocycles. The summed E-state index contributed by atoms with van der Waals surface area (Å²) in [4.78, 5) is 12.6. The quantitative estimate of drug-likeness (QED) is 0.776. The number of benzene rings is 1. The van der Waals surface area contributed by atoms with Crippen LogP contribution in [0.25, 0.3) is 0 Å². The zero-order valence-corrected chi connectivity index (χ0v) is 14.8. The van der Waals surface area contributed by atoms with Gasteiger partial charge in [-0.25, -0.2) is 26.3 Å². The van der Waals surface area contributed by atoms with Gasteiger partial charge >= 0.3 is 0 Å². The number of nitrogens with one attached hydrogen (secondary N) is 2. The van der Waals surface area contributed by atoms with Crippen molar-refractivity contribution in [3.05, 3.63) is 47.0 Å². The topological polar surface area (TPSA) is 80.2 Å². The summed E-state index contributed by atoms with van der Waals surface area (Å²) in [5.41, 5.74) is 0.110. The lowest BCUT2D eigenvalue weighted by atomic mass is 10.1. The molecule has 2 N–H and O–H groups in total. The van der Waals surface area contributed by atoms with Crippen molar-refractivity contribution in [2.75, 3.05) is 5.32 Å². The molecule has 26 heavy (non-hydrogen) atoms. The molecule has 0 unspecified atom stereocenters. The van der Waals surface area contributed by atoms with E-state index in [1.165, 1.54) is 17.8 Å². The Morgan fingerprint density at radius 3 is 2.50 bits per heavy atom. The fourth-order valence-electron chi connectivity index (χ4n) is 2.98. The van der Waals surface area contributed by atoms with Gasteiger partial charge in [-0.15, -0.1) is 0 Å². The average molecular weight is 387 g/mol. The van der Waals surface area contributed by atoms with Gasteiger partial charge in [0, 0.05) is 42.7 Å². The van der Waals surface area contributed by atoms with Crippen LogP contribution in [-0.4, -0.2) is 24.9 Å². The van der Waals surface area contributed by atoms with Crippen LogP contribution in [0.15, 0.2) is 23.2 Å². The van der Waals surface area contributed by atoms with Crippen molar-refractivity contribution in [2.45, 2.75) is 30.7 Å². The van der Waals surface area contributed by atoms with Gasteiger partial charge in [-0.2, -0.15) is 0 Å². The van der Waals surface area contributed by atoms with Crippen LogP contribution >= 0.6 is 0 Å². The third kappa shape index (κ3) is 3.21. The number of carbonyl (C=O) groups excluding carboxylic acids is 1. The van der Waals surface area contributed by atoms with E-state index >= 15 is 0 Å². The van der Waals surface area contributed by atoms with Crippen LogP contribution in [0.1, 0.15) is 29.4 Å². The Hall–Kier alpha value is -2.33. The van der Waals surface area contributed by atoms with Gasteiger partial charge in [0.1, 0.15) is 10.6 Å². The van der Waals surface area contributed by atoms with Crippen LogP contribution in [0.5, 0.6) is 0 Å². The summed E-state index contributed by atoms with van der Waals surface area (Å²) in [6.45, 7) is 1.72. The van der Waals surface area contributed by atoms with Gasteiger partial charge in [0.2, 0.25) is 10.0 Å². The third-order valence-corrected chi connectivity index (χ3v) is 5.82. The Bertz CT molecular complexity index is 979. The number of aryl methyl sites for hydroxylation is 1. The highest BCUT2D eigenvalue weighted by molar-refractivity contribution is 7.89. The van der Waals surface area contributed by atoms with Crippen LogP contribution < -0.4 is 10.0 Å². The molecule has 0 radical (unpaired) electrons. The van der Waals surface area contributed by atoms with Crippen molar-refractivity contribution < 1.29 is 26.4 Å². The molecular weight excluding hydrogens is 371 g/mol. The fourth-order valence-corrected chi connectivity index (χ4v) is 4.58. The standard InChI is InChI=1S/C16H16F3N3O3S/c1-8-3-4-10-13(26(24,25)21-8)7-22(2)15(10)16(23)20-9-5-11(17)14(19)12(18)6-9/h5-8,21H,3-4H2,1-2H3,(H,20,23)/t8-/m0/s1. The summed E-state index contributed by atoms with van der Waals surface area (Å²) < 4.78 is 68.3. The molecule has 140 valence electrons. The molecule has 10 heteroatoms. The number of aromatic nitrogens is 1. The normalized spacial score (nSPS) is 18.9. The summed E-state index contributed by atoms with van der Waals surface area (Å²) in [5.74, 6) is -5.26. The number of amides is 1. The molecule has 6 nitrogen and oxygen atoms in total. The van der Waals surface area contributed by atoms with Crippen molar-refractivity contribution in [1.29, 1.82) is 0 Å². The van der Waals surface area contributed by atoms with Gasteiger partial charge in [0.05, 0.1) is 0 Å². The molecule has 1 aliphatic heterocycles. The molecule has 0 saturated heterocycles. The molecule has 0 bridgehead atoms. The summed E-state index contributed by atoms with van der Waals surface area (Å²) in [6.07, 6.45) is 2.13. The predicted molar refractivity (Wildman–Crippen MR) is 87.8 cm³/mol. The number of nitrogens with zero attached hydrogens (tertiary/aromatic N) is 1. The van der Waals surface area contributed by atoms with Gasteiger partial charge in [-0.3, -0.25) is 4.79 Å². The molecule has 2 aromatic rings. The molecule has 0 saturated carbocycles. The highest BCUT2D eigenvalue weighted by Crippen LogP contribution is 2.28. The Labute approximate surface area is 148 Å². The highest BCUT2D eigenvalue weighted by atomic mass is 32.2. The van der Waals surface area contributed by atoms with E-state index in [-0.39, 0.29) is 22.3 Å². The zero-order valence-electron chi connectivity index (χ0n) is 13.9. The SMILES string of the molecule is C[C@H]1CCc2c(cn(C)c2C(=O)Nc2cc(F)c(F)c(F)c2)S(=O)(=O)N1. The molecule has 0 spiro atoms. The largest absolute Gasteiger partial charge is 0.345 e. The number of halogens is 3. The van der Waals surface area contributed by atoms with Crippen molar-refractivity contribution in [3.63, 3.8) is 0 Å². The van der Waals surface area contributed by atoms with Crippen LogP contribution in [0.2, 0.25) is 0 Å². The molecule has 1 aliphatic rings. The number of hydrogen-bond acceptors (Lipinski definition) is 3. The summed E-state index contributed by atoms with van der Waals surface area (Å²) in [6, 6.07) is 1.00. The minimum absolute atomic E-state index is 0.00836. The first-order chi connectivity index (χ1) is 12.1. The van der Waals surface area contributed by atoms with E-state index < -0.39 is 33.4 Å². The third-order valence-electron chi connectivity index (χ3n) is 4.18. The van der Waals surface area contributed by atoms with E-state index in [1.807, 2.05) is 0 Å². The minimum atomic E-state index is -3.78. The van der Waals surface area contributed by atoms with E-state index in [0.717, 1.165) is 0 Å². The monoisotopic (exact) mass is 387 g/mol. The molecule has 1 amide bonds. The van der Waals surface area contributed by atoms with Gasteiger partial charge in [0.25, 0.3) is 5.91 Å². The first-order valence-electron chi connectivity index (χ1n) is 7.76. The smallest absolute Gasteiger partial charge is 0.272 e. The van der Waals surface area contributed by atoms with E-state index in [2.05, 4.69) is 10.0 Å². The Morgan fingerprint density at radius 1 is 1.27 bits per heavy atom. The number of hydrogen-bond donors (Lipinski definition) is 2. The predicted octanol–water partition coefficient (Wildman–Crippen LogP) is 2.31. The fraction of sp³-hybridized carbons (Fsp3) is 0.312. The van der Waals surface area contributed by atoms with Crippen molar-refractivity contribution in [3.8, 4) is 0 Å². The maximum absolute atomic E-state index is 13.3. The molecule has 2 heterocycles. The molecule has 3 rings (SSSR count). The average Bonchev–Trinajstić information content (AvgIpc) is 2.82. The van der Waals surface area contributed by atoms with Crippen LogP contribution in [0.3, 0.4) is 0 Å². The molecule has 0 aliphatic carbocycles. The molecule has 1 atom stereocenters. The van der Waals surface area contributed by atoms with Gasteiger partial charge in [0.15, 0.2) is 17.5 Å².